The average molecular weight is 402 g/mol. The molecule has 8 heteroatoms. The molecule has 3 heterocycles. The average Bonchev–Trinajstić information content (AvgIpc) is 3.11. The lowest BCUT2D eigenvalue weighted by Gasteiger charge is -2.46. The minimum atomic E-state index is -1.28. The second kappa shape index (κ2) is 7.36. The predicted molar refractivity (Wildman–Crippen MR) is 102 cm³/mol. The Labute approximate surface area is 165 Å². The van der Waals surface area contributed by atoms with Crippen molar-refractivity contribution < 1.29 is 14.8 Å². The fraction of sp³-hybridized carbons (Fsp3) is 0.211. The van der Waals surface area contributed by atoms with E-state index in [1.54, 1.807) is 53.6 Å². The maximum atomic E-state index is 13.0. The summed E-state index contributed by atoms with van der Waals surface area (Å²) in [4.78, 5) is 32.7. The second-order valence-corrected chi connectivity index (χ2v) is 7.97. The molecule has 0 radical (unpaired) electrons. The van der Waals surface area contributed by atoms with Crippen molar-refractivity contribution in [1.82, 2.24) is 14.9 Å². The van der Waals surface area contributed by atoms with Gasteiger partial charge in [-0.1, -0.05) is 54.1 Å². The predicted octanol–water partition coefficient (Wildman–Crippen LogP) is 2.95. The van der Waals surface area contributed by atoms with E-state index in [0.29, 0.717) is 28.7 Å². The summed E-state index contributed by atoms with van der Waals surface area (Å²) in [7, 11) is 0. The van der Waals surface area contributed by atoms with E-state index in [9.17, 15) is 14.8 Å². The molecule has 2 aliphatic heterocycles. The van der Waals surface area contributed by atoms with E-state index in [1.807, 2.05) is 6.08 Å². The summed E-state index contributed by atoms with van der Waals surface area (Å²) in [6.45, 7) is 0.470. The highest BCUT2D eigenvalue weighted by Crippen LogP contribution is 2.31. The van der Waals surface area contributed by atoms with Crippen molar-refractivity contribution >= 4 is 34.5 Å². The number of Topliss-reactive ketones (excluding diaryl/α,β-unsaturated/α-hetero) is 2. The molecule has 1 fully saturated rings. The molecule has 0 bridgehead atoms. The van der Waals surface area contributed by atoms with Gasteiger partial charge in [0.25, 0.3) is 0 Å². The number of hydroxylamine groups is 2. The number of thiazole rings is 1. The number of rotatable bonds is 4. The maximum absolute atomic E-state index is 13.0. The van der Waals surface area contributed by atoms with Crippen LogP contribution in [0.5, 0.6) is 0 Å². The SMILES string of the molecule is O=C1C2=CC=CCN2C(Cc2cnc(Cl)s2)N(O)C1C(=O)c1ccccc1. The van der Waals surface area contributed by atoms with E-state index in [2.05, 4.69) is 4.98 Å². The molecule has 2 aromatic rings. The minimum absolute atomic E-state index is 0.384. The van der Waals surface area contributed by atoms with Gasteiger partial charge in [0, 0.05) is 29.6 Å². The van der Waals surface area contributed by atoms with E-state index in [4.69, 9.17) is 11.6 Å². The van der Waals surface area contributed by atoms with Gasteiger partial charge in [-0.2, -0.15) is 5.06 Å². The summed E-state index contributed by atoms with van der Waals surface area (Å²) in [5, 5.41) is 11.8. The van der Waals surface area contributed by atoms with Gasteiger partial charge in [-0.05, 0) is 6.08 Å². The van der Waals surface area contributed by atoms with Gasteiger partial charge in [0.05, 0.1) is 5.70 Å². The number of halogens is 1. The largest absolute Gasteiger partial charge is 0.347 e. The molecule has 1 aromatic heterocycles. The summed E-state index contributed by atoms with van der Waals surface area (Å²) < 4.78 is 0.410. The van der Waals surface area contributed by atoms with Gasteiger partial charge in [-0.15, -0.1) is 11.3 Å². The lowest BCUT2D eigenvalue weighted by Crippen LogP contribution is -2.63. The Morgan fingerprint density at radius 2 is 2.11 bits per heavy atom. The molecule has 1 saturated heterocycles. The first-order chi connectivity index (χ1) is 13.1. The number of aromatic nitrogens is 1. The molecular weight excluding hydrogens is 386 g/mol. The minimum Gasteiger partial charge on any atom is -0.347 e. The second-order valence-electron chi connectivity index (χ2n) is 6.27. The van der Waals surface area contributed by atoms with Gasteiger partial charge in [0.15, 0.2) is 16.3 Å². The van der Waals surface area contributed by atoms with Crippen LogP contribution in [0.2, 0.25) is 4.47 Å². The third-order valence-corrected chi connectivity index (χ3v) is 5.79. The number of fused-ring (bicyclic) bond motifs is 1. The molecule has 0 saturated carbocycles. The van der Waals surface area contributed by atoms with Crippen LogP contribution in [0.4, 0.5) is 0 Å². The molecule has 2 aliphatic rings. The molecule has 2 atom stereocenters. The lowest BCUT2D eigenvalue weighted by atomic mass is 9.93. The zero-order valence-corrected chi connectivity index (χ0v) is 15.7. The first-order valence-electron chi connectivity index (χ1n) is 8.40. The zero-order chi connectivity index (χ0) is 19.0. The fourth-order valence-corrected chi connectivity index (χ4v) is 4.38. The standard InChI is InChI=1S/C19H16ClN3O3S/c20-19-21-11-13(27-19)10-15-22-9-5-4-8-14(22)18(25)16(23(15)26)17(24)12-6-2-1-3-7-12/h1-8,11,15-16,26H,9-10H2. The van der Waals surface area contributed by atoms with Gasteiger partial charge < -0.3 is 10.1 Å². The quantitative estimate of drug-likeness (QED) is 0.627. The van der Waals surface area contributed by atoms with Crippen LogP contribution in [-0.4, -0.2) is 50.5 Å². The summed E-state index contributed by atoms with van der Waals surface area (Å²) in [5.74, 6) is -0.833. The monoisotopic (exact) mass is 401 g/mol. The van der Waals surface area contributed by atoms with E-state index < -0.39 is 23.8 Å². The van der Waals surface area contributed by atoms with Crippen molar-refractivity contribution in [1.29, 1.82) is 0 Å². The Kier molecular flexibility index (Phi) is 4.92. The summed E-state index contributed by atoms with van der Waals surface area (Å²) in [5.41, 5.74) is 0.813. The Balaban J connectivity index is 1.71. The van der Waals surface area contributed by atoms with Gasteiger partial charge in [0.1, 0.15) is 6.17 Å². The smallest absolute Gasteiger partial charge is 0.206 e. The first kappa shape index (κ1) is 18.1. The normalized spacial score (nSPS) is 22.5. The maximum Gasteiger partial charge on any atom is 0.206 e. The number of hydrogen-bond donors (Lipinski definition) is 1. The third-order valence-electron chi connectivity index (χ3n) is 4.65. The Morgan fingerprint density at radius 1 is 1.33 bits per heavy atom. The highest BCUT2D eigenvalue weighted by atomic mass is 35.5. The van der Waals surface area contributed by atoms with Crippen molar-refractivity contribution in [2.75, 3.05) is 6.54 Å². The molecule has 138 valence electrons. The molecule has 1 N–H and O–H groups in total. The third kappa shape index (κ3) is 3.35. The topological polar surface area (TPSA) is 73.7 Å². The van der Waals surface area contributed by atoms with Gasteiger partial charge in [0.2, 0.25) is 5.78 Å². The van der Waals surface area contributed by atoms with Crippen molar-refractivity contribution in [2.45, 2.75) is 18.6 Å². The number of carbonyl (C=O) groups excluding carboxylic acids is 2. The number of carbonyl (C=O) groups is 2. The Morgan fingerprint density at radius 3 is 2.81 bits per heavy atom. The zero-order valence-electron chi connectivity index (χ0n) is 14.2. The fourth-order valence-electron chi connectivity index (χ4n) is 3.37. The van der Waals surface area contributed by atoms with Crippen molar-refractivity contribution in [3.63, 3.8) is 0 Å². The van der Waals surface area contributed by atoms with Crippen molar-refractivity contribution in [2.24, 2.45) is 0 Å². The molecule has 0 amide bonds. The number of nitrogens with zero attached hydrogens (tertiary/aromatic N) is 3. The highest BCUT2D eigenvalue weighted by Gasteiger charge is 2.47. The molecular formula is C19H16ClN3O3S. The molecule has 2 unspecified atom stereocenters. The van der Waals surface area contributed by atoms with Gasteiger partial charge in [-0.25, -0.2) is 4.98 Å². The summed E-state index contributed by atoms with van der Waals surface area (Å²) in [6, 6.07) is 7.26. The Hall–Kier alpha value is -2.32. The van der Waals surface area contributed by atoms with Gasteiger partial charge >= 0.3 is 0 Å². The number of hydrogen-bond acceptors (Lipinski definition) is 7. The molecule has 27 heavy (non-hydrogen) atoms. The highest BCUT2D eigenvalue weighted by molar-refractivity contribution is 7.15. The van der Waals surface area contributed by atoms with Crippen LogP contribution >= 0.6 is 22.9 Å². The van der Waals surface area contributed by atoms with Crippen LogP contribution in [0, 0.1) is 0 Å². The van der Waals surface area contributed by atoms with Crippen molar-refractivity contribution in [3.8, 4) is 0 Å². The molecule has 1 aromatic carbocycles. The van der Waals surface area contributed by atoms with E-state index >= 15 is 0 Å². The number of allylic oxidation sites excluding steroid dienone is 2. The molecule has 4 rings (SSSR count). The molecule has 6 nitrogen and oxygen atoms in total. The number of benzene rings is 1. The summed E-state index contributed by atoms with van der Waals surface area (Å²) >= 11 is 7.23. The Bertz CT molecular complexity index is 941. The molecule has 0 aliphatic carbocycles. The molecule has 0 spiro atoms. The van der Waals surface area contributed by atoms with Crippen LogP contribution in [0.15, 0.2) is 60.5 Å². The lowest BCUT2D eigenvalue weighted by molar-refractivity contribution is -0.197. The number of ketones is 2. The van der Waals surface area contributed by atoms with Crippen LogP contribution in [0.25, 0.3) is 0 Å². The van der Waals surface area contributed by atoms with E-state index in [1.165, 1.54) is 11.3 Å². The summed E-state index contributed by atoms with van der Waals surface area (Å²) in [6.07, 6.45) is 6.84. The van der Waals surface area contributed by atoms with E-state index in [-0.39, 0.29) is 0 Å². The van der Waals surface area contributed by atoms with Gasteiger partial charge in [-0.3, -0.25) is 9.59 Å². The van der Waals surface area contributed by atoms with Crippen LogP contribution in [0.3, 0.4) is 0 Å². The van der Waals surface area contributed by atoms with Crippen molar-refractivity contribution in [3.05, 3.63) is 75.4 Å². The van der Waals surface area contributed by atoms with Crippen LogP contribution < -0.4 is 0 Å². The van der Waals surface area contributed by atoms with E-state index in [0.717, 1.165) is 9.94 Å². The van der Waals surface area contributed by atoms with Crippen LogP contribution in [0.1, 0.15) is 15.2 Å². The first-order valence-corrected chi connectivity index (χ1v) is 9.60. The van der Waals surface area contributed by atoms with Crippen LogP contribution in [-0.2, 0) is 11.2 Å².